The lowest BCUT2D eigenvalue weighted by atomic mass is 10.2. The van der Waals surface area contributed by atoms with Crippen molar-refractivity contribution in [1.82, 2.24) is 0 Å². The molecule has 0 unspecified atom stereocenters. The van der Waals surface area contributed by atoms with Gasteiger partial charge >= 0.3 is 5.97 Å². The van der Waals surface area contributed by atoms with Gasteiger partial charge in [0.1, 0.15) is 6.61 Å². The summed E-state index contributed by atoms with van der Waals surface area (Å²) in [5.41, 5.74) is 0.991. The molecule has 16 heavy (non-hydrogen) atoms. The van der Waals surface area contributed by atoms with Gasteiger partial charge in [-0.25, -0.2) is 0 Å². The van der Waals surface area contributed by atoms with Gasteiger partial charge in [0.05, 0.1) is 6.42 Å². The molecule has 0 amide bonds. The van der Waals surface area contributed by atoms with Crippen LogP contribution in [0.1, 0.15) is 25.3 Å². The molecular formula is C14H18O2. The summed E-state index contributed by atoms with van der Waals surface area (Å²) in [5, 5.41) is 0. The maximum Gasteiger partial charge on any atom is 0.310 e. The molecule has 0 aliphatic carbocycles. The molecule has 0 saturated heterocycles. The van der Waals surface area contributed by atoms with Gasteiger partial charge in [0, 0.05) is 0 Å². The van der Waals surface area contributed by atoms with Gasteiger partial charge in [-0.05, 0) is 12.0 Å². The van der Waals surface area contributed by atoms with Gasteiger partial charge in [-0.2, -0.15) is 0 Å². The molecule has 0 aliphatic heterocycles. The van der Waals surface area contributed by atoms with E-state index in [-0.39, 0.29) is 5.97 Å². The van der Waals surface area contributed by atoms with E-state index < -0.39 is 0 Å². The fraction of sp³-hybridized carbons (Fsp3) is 0.357. The topological polar surface area (TPSA) is 26.3 Å². The number of esters is 1. The van der Waals surface area contributed by atoms with E-state index >= 15 is 0 Å². The van der Waals surface area contributed by atoms with Gasteiger partial charge in [-0.3, -0.25) is 4.79 Å². The van der Waals surface area contributed by atoms with Crippen molar-refractivity contribution in [3.05, 3.63) is 48.0 Å². The molecule has 0 spiro atoms. The summed E-state index contributed by atoms with van der Waals surface area (Å²) in [4.78, 5) is 11.4. The molecule has 86 valence electrons. The van der Waals surface area contributed by atoms with Gasteiger partial charge in [0.15, 0.2) is 0 Å². The van der Waals surface area contributed by atoms with Crippen LogP contribution in [-0.4, -0.2) is 12.6 Å². The maximum absolute atomic E-state index is 11.4. The van der Waals surface area contributed by atoms with Gasteiger partial charge in [-0.15, -0.1) is 0 Å². The molecule has 0 bridgehead atoms. The third kappa shape index (κ3) is 5.35. The lowest BCUT2D eigenvalue weighted by molar-refractivity contribution is -0.141. The first-order valence-electron chi connectivity index (χ1n) is 5.67. The average Bonchev–Trinajstić information content (AvgIpc) is 2.30. The van der Waals surface area contributed by atoms with Gasteiger partial charge in [0.2, 0.25) is 0 Å². The van der Waals surface area contributed by atoms with E-state index in [4.69, 9.17) is 4.74 Å². The second-order valence-corrected chi connectivity index (χ2v) is 3.61. The van der Waals surface area contributed by atoms with E-state index in [2.05, 4.69) is 6.92 Å². The summed E-state index contributed by atoms with van der Waals surface area (Å²) in [7, 11) is 0. The van der Waals surface area contributed by atoms with Gasteiger partial charge < -0.3 is 4.74 Å². The van der Waals surface area contributed by atoms with E-state index in [9.17, 15) is 4.79 Å². The highest BCUT2D eigenvalue weighted by Gasteiger charge is 2.02. The van der Waals surface area contributed by atoms with Gasteiger partial charge in [-0.1, -0.05) is 55.8 Å². The number of carbonyl (C=O) groups is 1. The fourth-order valence-electron chi connectivity index (χ4n) is 1.31. The van der Waals surface area contributed by atoms with Crippen molar-refractivity contribution in [3.8, 4) is 0 Å². The molecule has 2 nitrogen and oxygen atoms in total. The highest BCUT2D eigenvalue weighted by Crippen LogP contribution is 2.00. The number of hydrogen-bond acceptors (Lipinski definition) is 2. The van der Waals surface area contributed by atoms with Crippen molar-refractivity contribution in [2.24, 2.45) is 0 Å². The molecular weight excluding hydrogens is 200 g/mol. The summed E-state index contributed by atoms with van der Waals surface area (Å²) >= 11 is 0. The van der Waals surface area contributed by atoms with Crippen LogP contribution in [0.25, 0.3) is 0 Å². The third-order valence-electron chi connectivity index (χ3n) is 2.15. The highest BCUT2D eigenvalue weighted by molar-refractivity contribution is 5.72. The van der Waals surface area contributed by atoms with E-state index in [1.165, 1.54) is 0 Å². The number of hydrogen-bond donors (Lipinski definition) is 0. The molecule has 1 rings (SSSR count). The predicted octanol–water partition coefficient (Wildman–Crippen LogP) is 3.13. The molecule has 0 radical (unpaired) electrons. The Hall–Kier alpha value is -1.57. The van der Waals surface area contributed by atoms with Crippen molar-refractivity contribution >= 4 is 5.97 Å². The van der Waals surface area contributed by atoms with Crippen LogP contribution in [-0.2, 0) is 16.0 Å². The minimum Gasteiger partial charge on any atom is -0.461 e. The summed E-state index contributed by atoms with van der Waals surface area (Å²) in [6.45, 7) is 2.50. The smallest absolute Gasteiger partial charge is 0.310 e. The van der Waals surface area contributed by atoms with E-state index in [0.29, 0.717) is 13.0 Å². The number of ether oxygens (including phenoxy) is 1. The number of benzene rings is 1. The maximum atomic E-state index is 11.4. The number of allylic oxidation sites excluding steroid dienone is 1. The van der Waals surface area contributed by atoms with Crippen molar-refractivity contribution in [3.63, 3.8) is 0 Å². The van der Waals surface area contributed by atoms with Crippen molar-refractivity contribution < 1.29 is 9.53 Å². The second kappa shape index (κ2) is 7.69. The molecule has 0 aromatic heterocycles. The zero-order valence-electron chi connectivity index (χ0n) is 9.69. The zero-order valence-corrected chi connectivity index (χ0v) is 9.69. The Morgan fingerprint density at radius 2 is 2.00 bits per heavy atom. The Balaban J connectivity index is 2.21. The Morgan fingerprint density at radius 1 is 1.25 bits per heavy atom. The SMILES string of the molecule is CCC/C=C\COC(=O)Cc1ccccc1. The lowest BCUT2D eigenvalue weighted by Crippen LogP contribution is -2.07. The summed E-state index contributed by atoms with van der Waals surface area (Å²) in [6.07, 6.45) is 6.44. The normalized spacial score (nSPS) is 10.6. The van der Waals surface area contributed by atoms with E-state index in [1.807, 2.05) is 42.5 Å². The van der Waals surface area contributed by atoms with Crippen molar-refractivity contribution in [1.29, 1.82) is 0 Å². The molecule has 0 saturated carbocycles. The summed E-state index contributed by atoms with van der Waals surface area (Å²) in [6, 6.07) is 9.62. The predicted molar refractivity (Wildman–Crippen MR) is 65.2 cm³/mol. The summed E-state index contributed by atoms with van der Waals surface area (Å²) in [5.74, 6) is -0.174. The fourth-order valence-corrected chi connectivity index (χ4v) is 1.31. The quantitative estimate of drug-likeness (QED) is 0.541. The Morgan fingerprint density at radius 3 is 2.69 bits per heavy atom. The molecule has 1 aromatic carbocycles. The van der Waals surface area contributed by atoms with Crippen LogP contribution in [0.4, 0.5) is 0 Å². The van der Waals surface area contributed by atoms with Crippen LogP contribution in [0.2, 0.25) is 0 Å². The van der Waals surface area contributed by atoms with Crippen molar-refractivity contribution in [2.75, 3.05) is 6.61 Å². The monoisotopic (exact) mass is 218 g/mol. The molecule has 0 aliphatic rings. The van der Waals surface area contributed by atoms with E-state index in [1.54, 1.807) is 0 Å². The standard InChI is InChI=1S/C14H18O2/c1-2-3-4-8-11-16-14(15)12-13-9-6-5-7-10-13/h4-10H,2-3,11-12H2,1H3/b8-4-. The number of carbonyl (C=O) groups excluding carboxylic acids is 1. The second-order valence-electron chi connectivity index (χ2n) is 3.61. The summed E-state index contributed by atoms with van der Waals surface area (Å²) < 4.78 is 5.07. The highest BCUT2D eigenvalue weighted by atomic mass is 16.5. The molecule has 1 aromatic rings. The Labute approximate surface area is 96.9 Å². The van der Waals surface area contributed by atoms with Crippen molar-refractivity contribution in [2.45, 2.75) is 26.2 Å². The van der Waals surface area contributed by atoms with Gasteiger partial charge in [0.25, 0.3) is 0 Å². The third-order valence-corrected chi connectivity index (χ3v) is 2.15. The molecule has 0 N–H and O–H groups in total. The van der Waals surface area contributed by atoms with E-state index in [0.717, 1.165) is 18.4 Å². The first kappa shape index (κ1) is 12.5. The first-order chi connectivity index (χ1) is 7.83. The minimum atomic E-state index is -0.174. The van der Waals surface area contributed by atoms with Crippen LogP contribution in [0.15, 0.2) is 42.5 Å². The minimum absolute atomic E-state index is 0.174. The number of unbranched alkanes of at least 4 members (excludes halogenated alkanes) is 1. The largest absolute Gasteiger partial charge is 0.461 e. The van der Waals surface area contributed by atoms with Crippen LogP contribution < -0.4 is 0 Å². The Bertz CT molecular complexity index is 328. The average molecular weight is 218 g/mol. The van der Waals surface area contributed by atoms with Crippen LogP contribution >= 0.6 is 0 Å². The zero-order chi connectivity index (χ0) is 11.6. The van der Waals surface area contributed by atoms with Crippen LogP contribution in [0.3, 0.4) is 0 Å². The van der Waals surface area contributed by atoms with Crippen LogP contribution in [0, 0.1) is 0 Å². The molecule has 0 fully saturated rings. The molecule has 0 heterocycles. The Kier molecular flexibility index (Phi) is 6.00. The lowest BCUT2D eigenvalue weighted by Gasteiger charge is -2.01. The first-order valence-corrected chi connectivity index (χ1v) is 5.67. The number of rotatable bonds is 6. The molecule has 2 heteroatoms. The molecule has 0 atom stereocenters. The van der Waals surface area contributed by atoms with Crippen LogP contribution in [0.5, 0.6) is 0 Å².